The van der Waals surface area contributed by atoms with Crippen LogP contribution in [0.15, 0.2) is 54.1 Å². The van der Waals surface area contributed by atoms with E-state index in [1.807, 2.05) is 25.9 Å². The Kier molecular flexibility index (Phi) is 8.01. The Morgan fingerprint density at radius 1 is 1.12 bits per heavy atom. The zero-order valence-corrected chi connectivity index (χ0v) is 19.6. The Labute approximate surface area is 198 Å². The number of Topliss-reactive ketones (excluding diaryl/α,β-unsaturated/α-hetero) is 1. The summed E-state index contributed by atoms with van der Waals surface area (Å²) in [6, 6.07) is 11.5. The van der Waals surface area contributed by atoms with Gasteiger partial charge in [-0.05, 0) is 75.4 Å². The first-order chi connectivity index (χ1) is 16.2. The van der Waals surface area contributed by atoms with Crippen LogP contribution in [0.1, 0.15) is 36.9 Å². The highest BCUT2D eigenvalue weighted by Gasteiger charge is 2.45. The Bertz CT molecular complexity index is 1080. The number of non-ortho nitro benzene ring substituents is 1. The van der Waals surface area contributed by atoms with E-state index < -0.39 is 22.7 Å². The number of carbonyl (C=O) groups is 2. The van der Waals surface area contributed by atoms with Gasteiger partial charge in [0.25, 0.3) is 17.4 Å². The van der Waals surface area contributed by atoms with Crippen molar-refractivity contribution in [3.63, 3.8) is 0 Å². The van der Waals surface area contributed by atoms with Gasteiger partial charge in [0.1, 0.15) is 11.5 Å². The molecule has 1 heterocycles. The van der Waals surface area contributed by atoms with Gasteiger partial charge < -0.3 is 19.6 Å². The van der Waals surface area contributed by atoms with Gasteiger partial charge in [0, 0.05) is 24.2 Å². The normalized spacial score (nSPS) is 17.4. The van der Waals surface area contributed by atoms with Crippen LogP contribution < -0.4 is 4.74 Å². The van der Waals surface area contributed by atoms with E-state index in [-0.39, 0.29) is 17.0 Å². The molecule has 180 valence electrons. The number of rotatable bonds is 10. The van der Waals surface area contributed by atoms with E-state index in [0.717, 1.165) is 6.42 Å². The molecule has 1 saturated heterocycles. The molecule has 2 aromatic carbocycles. The molecule has 9 heteroatoms. The van der Waals surface area contributed by atoms with Crippen molar-refractivity contribution in [1.82, 2.24) is 9.80 Å². The maximum Gasteiger partial charge on any atom is 0.295 e. The number of nitro groups is 1. The first-order valence-electron chi connectivity index (χ1n) is 11.1. The van der Waals surface area contributed by atoms with E-state index in [1.54, 1.807) is 24.3 Å². The van der Waals surface area contributed by atoms with Crippen LogP contribution in [0.3, 0.4) is 0 Å². The number of aliphatic hydroxyl groups is 1. The van der Waals surface area contributed by atoms with Gasteiger partial charge in [0.15, 0.2) is 0 Å². The van der Waals surface area contributed by atoms with Crippen LogP contribution in [-0.4, -0.2) is 65.3 Å². The number of hydrogen-bond acceptors (Lipinski definition) is 7. The smallest absolute Gasteiger partial charge is 0.295 e. The van der Waals surface area contributed by atoms with E-state index in [0.29, 0.717) is 43.0 Å². The summed E-state index contributed by atoms with van der Waals surface area (Å²) in [7, 11) is 3.83. The minimum absolute atomic E-state index is 0.0362. The largest absolute Gasteiger partial charge is 0.507 e. The molecule has 1 aliphatic rings. The Hall–Kier alpha value is -3.72. The van der Waals surface area contributed by atoms with Gasteiger partial charge in [-0.3, -0.25) is 19.7 Å². The molecule has 1 fully saturated rings. The van der Waals surface area contributed by atoms with Crippen molar-refractivity contribution in [1.29, 1.82) is 0 Å². The fourth-order valence-corrected chi connectivity index (χ4v) is 3.88. The minimum Gasteiger partial charge on any atom is -0.507 e. The van der Waals surface area contributed by atoms with Gasteiger partial charge >= 0.3 is 0 Å². The van der Waals surface area contributed by atoms with Gasteiger partial charge in [-0.1, -0.05) is 6.92 Å². The van der Waals surface area contributed by atoms with Crippen molar-refractivity contribution in [3.05, 3.63) is 75.3 Å². The lowest BCUT2D eigenvalue weighted by Crippen LogP contribution is -2.32. The lowest BCUT2D eigenvalue weighted by molar-refractivity contribution is -0.384. The first-order valence-corrected chi connectivity index (χ1v) is 11.1. The van der Waals surface area contributed by atoms with Gasteiger partial charge in [-0.25, -0.2) is 0 Å². The van der Waals surface area contributed by atoms with Gasteiger partial charge in [0.2, 0.25) is 0 Å². The Morgan fingerprint density at radius 2 is 1.76 bits per heavy atom. The molecule has 1 amide bonds. The molecule has 2 aromatic rings. The maximum atomic E-state index is 13.0. The number of carbonyl (C=O) groups excluding carboxylic acids is 2. The van der Waals surface area contributed by atoms with Gasteiger partial charge in [-0.2, -0.15) is 0 Å². The van der Waals surface area contributed by atoms with Crippen molar-refractivity contribution < 1.29 is 24.4 Å². The number of nitrogens with zero attached hydrogens (tertiary/aromatic N) is 3. The molecule has 0 aromatic heterocycles. The molecule has 1 unspecified atom stereocenters. The predicted octanol–water partition coefficient (Wildman–Crippen LogP) is 3.76. The molecule has 34 heavy (non-hydrogen) atoms. The van der Waals surface area contributed by atoms with Crippen molar-refractivity contribution in [2.75, 3.05) is 33.8 Å². The van der Waals surface area contributed by atoms with Crippen molar-refractivity contribution in [2.45, 2.75) is 25.8 Å². The lowest BCUT2D eigenvalue weighted by Gasteiger charge is -2.26. The lowest BCUT2D eigenvalue weighted by atomic mass is 9.95. The highest BCUT2D eigenvalue weighted by Crippen LogP contribution is 2.40. The summed E-state index contributed by atoms with van der Waals surface area (Å²) in [6.45, 7) is 3.56. The summed E-state index contributed by atoms with van der Waals surface area (Å²) in [4.78, 5) is 40.0. The molecule has 0 radical (unpaired) electrons. The van der Waals surface area contributed by atoms with Crippen molar-refractivity contribution in [2.24, 2.45) is 0 Å². The van der Waals surface area contributed by atoms with E-state index in [4.69, 9.17) is 4.74 Å². The van der Waals surface area contributed by atoms with Gasteiger partial charge in [0.05, 0.1) is 23.1 Å². The number of nitro benzene ring substituents is 1. The zero-order valence-electron chi connectivity index (χ0n) is 19.6. The van der Waals surface area contributed by atoms with Crippen LogP contribution in [-0.2, 0) is 9.59 Å². The average molecular weight is 468 g/mol. The number of benzene rings is 2. The van der Waals surface area contributed by atoms with Crippen LogP contribution in [0.4, 0.5) is 5.69 Å². The molecule has 1 aliphatic heterocycles. The fourth-order valence-electron chi connectivity index (χ4n) is 3.88. The SMILES string of the molecule is CCCOc1ccc(C(O)=C2C(=O)C(=O)N(CCCN(C)C)C2c2ccc([N+](=O)[O-])cc2)cc1. The summed E-state index contributed by atoms with van der Waals surface area (Å²) in [6.07, 6.45) is 1.47. The number of ether oxygens (including phenoxy) is 1. The summed E-state index contributed by atoms with van der Waals surface area (Å²) >= 11 is 0. The predicted molar refractivity (Wildman–Crippen MR) is 128 cm³/mol. The summed E-state index contributed by atoms with van der Waals surface area (Å²) in [5.41, 5.74) is 0.753. The molecular weight excluding hydrogens is 438 g/mol. The maximum absolute atomic E-state index is 13.0. The fraction of sp³-hybridized carbons (Fsp3) is 0.360. The second-order valence-electron chi connectivity index (χ2n) is 8.37. The van der Waals surface area contributed by atoms with Crippen LogP contribution in [0.2, 0.25) is 0 Å². The number of likely N-dealkylation sites (tertiary alicyclic amines) is 1. The molecule has 9 nitrogen and oxygen atoms in total. The Balaban J connectivity index is 2.03. The van der Waals surface area contributed by atoms with E-state index >= 15 is 0 Å². The minimum atomic E-state index is -0.848. The number of amides is 1. The molecule has 0 aliphatic carbocycles. The van der Waals surface area contributed by atoms with E-state index in [1.165, 1.54) is 29.2 Å². The Morgan fingerprint density at radius 3 is 2.32 bits per heavy atom. The summed E-state index contributed by atoms with van der Waals surface area (Å²) in [5.74, 6) is -1.14. The molecule has 0 bridgehead atoms. The molecule has 1 N–H and O–H groups in total. The van der Waals surface area contributed by atoms with Crippen molar-refractivity contribution in [3.8, 4) is 5.75 Å². The van der Waals surface area contributed by atoms with E-state index in [9.17, 15) is 24.8 Å². The second-order valence-corrected chi connectivity index (χ2v) is 8.37. The quantitative estimate of drug-likeness (QED) is 0.186. The second kappa shape index (κ2) is 10.9. The molecule has 0 saturated carbocycles. The summed E-state index contributed by atoms with van der Waals surface area (Å²) in [5, 5.41) is 22.2. The standard InChI is InChI=1S/C25H29N3O6/c1-4-16-34-20-12-8-18(9-13-20)23(29)21-22(17-6-10-19(11-7-17)28(32)33)27(25(31)24(21)30)15-5-14-26(2)3/h6-13,22,29H,4-5,14-16H2,1-3H3. The van der Waals surface area contributed by atoms with Crippen LogP contribution >= 0.6 is 0 Å². The van der Waals surface area contributed by atoms with Crippen LogP contribution in [0.5, 0.6) is 5.75 Å². The number of aliphatic hydroxyl groups excluding tert-OH is 1. The van der Waals surface area contributed by atoms with Crippen LogP contribution in [0.25, 0.3) is 5.76 Å². The topological polar surface area (TPSA) is 113 Å². The molecule has 1 atom stereocenters. The number of ketones is 1. The van der Waals surface area contributed by atoms with Crippen molar-refractivity contribution >= 4 is 23.1 Å². The average Bonchev–Trinajstić information content (AvgIpc) is 3.07. The number of hydrogen-bond donors (Lipinski definition) is 1. The third-order valence-electron chi connectivity index (χ3n) is 5.56. The third kappa shape index (κ3) is 5.43. The first kappa shape index (κ1) is 24.9. The summed E-state index contributed by atoms with van der Waals surface area (Å²) < 4.78 is 5.57. The monoisotopic (exact) mass is 467 g/mol. The molecule has 0 spiro atoms. The highest BCUT2D eigenvalue weighted by atomic mass is 16.6. The molecule has 3 rings (SSSR count). The third-order valence-corrected chi connectivity index (χ3v) is 5.56. The van der Waals surface area contributed by atoms with E-state index in [2.05, 4.69) is 0 Å². The van der Waals surface area contributed by atoms with Crippen LogP contribution in [0, 0.1) is 10.1 Å². The zero-order chi connectivity index (χ0) is 24.8. The molecular formula is C25H29N3O6. The highest BCUT2D eigenvalue weighted by molar-refractivity contribution is 6.46. The van der Waals surface area contributed by atoms with Gasteiger partial charge in [-0.15, -0.1) is 0 Å².